The van der Waals surface area contributed by atoms with Gasteiger partial charge in [-0.3, -0.25) is 0 Å². The Bertz CT molecular complexity index is 381. The van der Waals surface area contributed by atoms with E-state index in [1.54, 1.807) is 7.11 Å². The maximum atomic E-state index is 8.23. The number of azide groups is 1. The fourth-order valence-electron chi connectivity index (χ4n) is 1.27. The van der Waals surface area contributed by atoms with Crippen LogP contribution in [0.3, 0.4) is 0 Å². The third-order valence-corrected chi connectivity index (χ3v) is 2.20. The molecule has 1 aromatic rings. The van der Waals surface area contributed by atoms with Gasteiger partial charge in [-0.25, -0.2) is 0 Å². The van der Waals surface area contributed by atoms with Gasteiger partial charge in [0.1, 0.15) is 5.75 Å². The summed E-state index contributed by atoms with van der Waals surface area (Å²) in [6, 6.07) is 3.94. The largest absolute Gasteiger partial charge is 0.496 e. The Morgan fingerprint density at radius 1 is 1.36 bits per heavy atom. The average Bonchev–Trinajstić information content (AvgIpc) is 2.19. The minimum absolute atomic E-state index is 0.334. The molecule has 0 saturated carbocycles. The van der Waals surface area contributed by atoms with Crippen molar-refractivity contribution in [2.75, 3.05) is 7.11 Å². The van der Waals surface area contributed by atoms with Gasteiger partial charge < -0.3 is 4.74 Å². The molecule has 14 heavy (non-hydrogen) atoms. The molecule has 0 unspecified atom stereocenters. The van der Waals surface area contributed by atoms with Crippen molar-refractivity contribution in [3.05, 3.63) is 39.3 Å². The van der Waals surface area contributed by atoms with Crippen molar-refractivity contribution in [1.29, 1.82) is 0 Å². The zero-order valence-electron chi connectivity index (χ0n) is 8.61. The summed E-state index contributed by atoms with van der Waals surface area (Å²) in [5.74, 6) is 0.778. The van der Waals surface area contributed by atoms with Gasteiger partial charge in [-0.15, -0.1) is 0 Å². The lowest BCUT2D eigenvalue weighted by Crippen LogP contribution is -1.93. The molecule has 0 aliphatic carbocycles. The highest BCUT2D eigenvalue weighted by Gasteiger charge is 2.04. The summed E-state index contributed by atoms with van der Waals surface area (Å²) in [5, 5.41) is 3.52. The quantitative estimate of drug-likeness (QED) is 0.411. The Morgan fingerprint density at radius 3 is 2.57 bits per heavy atom. The van der Waals surface area contributed by atoms with Gasteiger partial charge in [0.2, 0.25) is 0 Å². The van der Waals surface area contributed by atoms with E-state index in [0.29, 0.717) is 6.54 Å². The molecule has 74 valence electrons. The molecule has 0 radical (unpaired) electrons. The van der Waals surface area contributed by atoms with Gasteiger partial charge in [0.05, 0.1) is 13.7 Å². The van der Waals surface area contributed by atoms with E-state index in [9.17, 15) is 0 Å². The van der Waals surface area contributed by atoms with E-state index >= 15 is 0 Å². The monoisotopic (exact) mass is 191 g/mol. The van der Waals surface area contributed by atoms with E-state index in [1.807, 2.05) is 26.0 Å². The molecule has 1 rings (SSSR count). The number of aryl methyl sites for hydroxylation is 2. The molecule has 0 saturated heterocycles. The molecule has 0 aliphatic rings. The van der Waals surface area contributed by atoms with Crippen molar-refractivity contribution < 1.29 is 4.74 Å². The van der Waals surface area contributed by atoms with E-state index in [1.165, 1.54) is 11.1 Å². The van der Waals surface area contributed by atoms with Gasteiger partial charge in [-0.1, -0.05) is 11.2 Å². The lowest BCUT2D eigenvalue weighted by atomic mass is 10.1. The van der Waals surface area contributed by atoms with Crippen molar-refractivity contribution in [3.8, 4) is 5.75 Å². The molecule has 0 spiro atoms. The fourth-order valence-corrected chi connectivity index (χ4v) is 1.27. The van der Waals surface area contributed by atoms with Crippen LogP contribution in [0, 0.1) is 13.8 Å². The molecular formula is C10H13N3O. The van der Waals surface area contributed by atoms with Crippen LogP contribution >= 0.6 is 0 Å². The van der Waals surface area contributed by atoms with Crippen molar-refractivity contribution in [3.63, 3.8) is 0 Å². The maximum absolute atomic E-state index is 8.23. The molecule has 0 amide bonds. The topological polar surface area (TPSA) is 58.0 Å². The first-order chi connectivity index (χ1) is 6.69. The minimum Gasteiger partial charge on any atom is -0.496 e. The second-order valence-electron chi connectivity index (χ2n) is 3.14. The summed E-state index contributed by atoms with van der Waals surface area (Å²) < 4.78 is 5.19. The highest BCUT2D eigenvalue weighted by molar-refractivity contribution is 5.41. The Morgan fingerprint density at radius 2 is 2.00 bits per heavy atom. The maximum Gasteiger partial charge on any atom is 0.122 e. The normalized spacial score (nSPS) is 9.36. The smallest absolute Gasteiger partial charge is 0.122 e. The van der Waals surface area contributed by atoms with Crippen molar-refractivity contribution >= 4 is 0 Å². The lowest BCUT2D eigenvalue weighted by Gasteiger charge is -2.09. The number of methoxy groups -OCH3 is 1. The number of benzene rings is 1. The van der Waals surface area contributed by atoms with Crippen LogP contribution in [0.5, 0.6) is 5.75 Å². The molecule has 0 aliphatic heterocycles. The van der Waals surface area contributed by atoms with Crippen LogP contribution < -0.4 is 4.74 Å². The van der Waals surface area contributed by atoms with Gasteiger partial charge >= 0.3 is 0 Å². The first kappa shape index (κ1) is 10.4. The average molecular weight is 191 g/mol. The molecular weight excluding hydrogens is 178 g/mol. The van der Waals surface area contributed by atoms with Gasteiger partial charge in [0.25, 0.3) is 0 Å². The van der Waals surface area contributed by atoms with Crippen molar-refractivity contribution in [1.82, 2.24) is 0 Å². The molecule has 0 aromatic heterocycles. The van der Waals surface area contributed by atoms with Crippen LogP contribution in [0.15, 0.2) is 17.2 Å². The highest BCUT2D eigenvalue weighted by Crippen LogP contribution is 2.23. The van der Waals surface area contributed by atoms with Gasteiger partial charge in [-0.2, -0.15) is 0 Å². The van der Waals surface area contributed by atoms with Crippen LogP contribution in [-0.4, -0.2) is 7.11 Å². The first-order valence-electron chi connectivity index (χ1n) is 4.34. The molecule has 0 fully saturated rings. The van der Waals surface area contributed by atoms with E-state index < -0.39 is 0 Å². The number of hydrogen-bond acceptors (Lipinski definition) is 2. The third kappa shape index (κ3) is 2.18. The zero-order valence-corrected chi connectivity index (χ0v) is 8.61. The Kier molecular flexibility index (Phi) is 3.37. The summed E-state index contributed by atoms with van der Waals surface area (Å²) in [5.41, 5.74) is 11.5. The predicted octanol–water partition coefficient (Wildman–Crippen LogP) is 3.12. The Hall–Kier alpha value is -1.67. The second-order valence-corrected chi connectivity index (χ2v) is 3.14. The molecule has 0 heterocycles. The van der Waals surface area contributed by atoms with E-state index in [4.69, 9.17) is 10.3 Å². The molecule has 1 aromatic carbocycles. The molecule has 4 heteroatoms. The molecule has 0 atom stereocenters. The van der Waals surface area contributed by atoms with Crippen LogP contribution in [0.1, 0.15) is 16.7 Å². The van der Waals surface area contributed by atoms with Gasteiger partial charge in [-0.05, 0) is 36.6 Å². The molecule has 4 nitrogen and oxygen atoms in total. The zero-order chi connectivity index (χ0) is 10.6. The summed E-state index contributed by atoms with van der Waals surface area (Å²) in [6.07, 6.45) is 0. The van der Waals surface area contributed by atoms with Crippen molar-refractivity contribution in [2.45, 2.75) is 20.4 Å². The van der Waals surface area contributed by atoms with E-state index in [-0.39, 0.29) is 0 Å². The Balaban J connectivity index is 3.12. The summed E-state index contributed by atoms with van der Waals surface area (Å²) in [4.78, 5) is 2.73. The van der Waals surface area contributed by atoms with Crippen LogP contribution in [0.2, 0.25) is 0 Å². The number of nitrogens with zero attached hydrogens (tertiary/aromatic N) is 3. The van der Waals surface area contributed by atoms with E-state index in [0.717, 1.165) is 11.3 Å². The number of hydrogen-bond donors (Lipinski definition) is 0. The SMILES string of the molecule is COc1cc(C)c(C)cc1CN=[N+]=[N-]. The summed E-state index contributed by atoms with van der Waals surface area (Å²) >= 11 is 0. The highest BCUT2D eigenvalue weighted by atomic mass is 16.5. The van der Waals surface area contributed by atoms with Crippen LogP contribution in [0.25, 0.3) is 10.4 Å². The molecule has 0 bridgehead atoms. The van der Waals surface area contributed by atoms with Crippen molar-refractivity contribution in [2.24, 2.45) is 5.11 Å². The standard InChI is InChI=1S/C10H13N3O/c1-7-4-9(6-12-13-11)10(14-3)5-8(7)2/h4-5H,6H2,1-3H3. The lowest BCUT2D eigenvalue weighted by molar-refractivity contribution is 0.409. The molecule has 0 N–H and O–H groups in total. The second kappa shape index (κ2) is 4.53. The van der Waals surface area contributed by atoms with Crippen LogP contribution in [0.4, 0.5) is 0 Å². The predicted molar refractivity (Wildman–Crippen MR) is 55.3 cm³/mol. The number of ether oxygens (including phenoxy) is 1. The minimum atomic E-state index is 0.334. The van der Waals surface area contributed by atoms with Gasteiger partial charge in [0, 0.05) is 10.5 Å². The Labute approximate surface area is 83.1 Å². The summed E-state index contributed by atoms with van der Waals surface area (Å²) in [6.45, 7) is 4.38. The summed E-state index contributed by atoms with van der Waals surface area (Å²) in [7, 11) is 1.61. The van der Waals surface area contributed by atoms with Crippen LogP contribution in [-0.2, 0) is 6.54 Å². The fraction of sp³-hybridized carbons (Fsp3) is 0.400. The van der Waals surface area contributed by atoms with Gasteiger partial charge in [0.15, 0.2) is 0 Å². The van der Waals surface area contributed by atoms with E-state index in [2.05, 4.69) is 10.0 Å². The number of rotatable bonds is 3. The third-order valence-electron chi connectivity index (χ3n) is 2.20. The first-order valence-corrected chi connectivity index (χ1v) is 4.34.